The molecule has 7 heteroatoms. The lowest BCUT2D eigenvalue weighted by Crippen LogP contribution is -2.43. The zero-order valence-corrected chi connectivity index (χ0v) is 12.9. The molecule has 0 spiro atoms. The van der Waals surface area contributed by atoms with E-state index in [1.54, 1.807) is 17.0 Å². The molecule has 2 rings (SSSR count). The summed E-state index contributed by atoms with van der Waals surface area (Å²) in [5, 5.41) is 5.93. The summed E-state index contributed by atoms with van der Waals surface area (Å²) in [6, 6.07) is 3.04. The molecule has 0 saturated carbocycles. The Labute approximate surface area is 128 Å². The molecule has 114 valence electrons. The van der Waals surface area contributed by atoms with E-state index < -0.39 is 0 Å². The van der Waals surface area contributed by atoms with Gasteiger partial charge >= 0.3 is 6.03 Å². The van der Waals surface area contributed by atoms with Crippen molar-refractivity contribution in [3.05, 3.63) is 23.4 Å². The summed E-state index contributed by atoms with van der Waals surface area (Å²) < 4.78 is 0. The van der Waals surface area contributed by atoms with Gasteiger partial charge in [0.2, 0.25) is 5.91 Å². The molecule has 0 bridgehead atoms. The molecule has 1 fully saturated rings. The Bertz CT molecular complexity index is 537. The van der Waals surface area contributed by atoms with Crippen LogP contribution in [0.1, 0.15) is 20.3 Å². The van der Waals surface area contributed by atoms with Gasteiger partial charge in [-0.3, -0.25) is 4.79 Å². The minimum atomic E-state index is -0.282. The number of nitrogens with one attached hydrogen (secondary N) is 2. The largest absolute Gasteiger partial charge is 0.336 e. The number of urea groups is 1. The summed E-state index contributed by atoms with van der Waals surface area (Å²) in [4.78, 5) is 29.5. The predicted octanol–water partition coefficient (Wildman–Crippen LogP) is 2.11. The Morgan fingerprint density at radius 3 is 3.10 bits per heavy atom. The molecule has 6 nitrogen and oxygen atoms in total. The Morgan fingerprint density at radius 2 is 2.43 bits per heavy atom. The highest BCUT2D eigenvalue weighted by atomic mass is 35.5. The average molecular weight is 311 g/mol. The number of hydrogen-bond donors (Lipinski definition) is 2. The lowest BCUT2D eigenvalue weighted by Gasteiger charge is -2.26. The van der Waals surface area contributed by atoms with E-state index in [1.807, 2.05) is 0 Å². The fourth-order valence-electron chi connectivity index (χ4n) is 2.33. The third kappa shape index (κ3) is 3.85. The van der Waals surface area contributed by atoms with E-state index in [0.29, 0.717) is 23.3 Å². The second-order valence-electron chi connectivity index (χ2n) is 5.17. The van der Waals surface area contributed by atoms with Crippen LogP contribution >= 0.6 is 11.6 Å². The number of amides is 3. The quantitative estimate of drug-likeness (QED) is 0.874. The van der Waals surface area contributed by atoms with Crippen LogP contribution in [0.25, 0.3) is 0 Å². The zero-order chi connectivity index (χ0) is 15.4. The topological polar surface area (TPSA) is 74.3 Å². The van der Waals surface area contributed by atoms with Crippen molar-refractivity contribution in [3.8, 4) is 0 Å². The van der Waals surface area contributed by atoms with Crippen molar-refractivity contribution in [2.45, 2.75) is 26.3 Å². The van der Waals surface area contributed by atoms with Crippen LogP contribution in [0.4, 0.5) is 10.6 Å². The highest BCUT2D eigenvalue weighted by molar-refractivity contribution is 6.30. The normalized spacial score (nSPS) is 19.3. The Kier molecular flexibility index (Phi) is 5.01. The Morgan fingerprint density at radius 1 is 1.67 bits per heavy atom. The standard InChI is InChI=1S/C14H19ClN4O2/c1-3-9(2)11-7-17-14(21)19(11)8-13(20)18-12-6-10(15)4-5-16-12/h4-6,9,11H,3,7-8H2,1-2H3,(H,17,21)(H,16,18,20)/t9-,11+/m0/s1. The number of nitrogens with zero attached hydrogens (tertiary/aromatic N) is 2. The van der Waals surface area contributed by atoms with Gasteiger partial charge in [0.25, 0.3) is 0 Å². The van der Waals surface area contributed by atoms with E-state index in [4.69, 9.17) is 11.6 Å². The minimum Gasteiger partial charge on any atom is -0.336 e. The molecule has 1 aliphatic heterocycles. The van der Waals surface area contributed by atoms with Crippen molar-refractivity contribution >= 4 is 29.4 Å². The SMILES string of the molecule is CC[C@H](C)[C@H]1CNC(=O)N1CC(=O)Nc1cc(Cl)ccn1. The van der Waals surface area contributed by atoms with Gasteiger partial charge in [0.15, 0.2) is 0 Å². The minimum absolute atomic E-state index is 0.00896. The van der Waals surface area contributed by atoms with E-state index in [0.717, 1.165) is 6.42 Å². The molecule has 2 N–H and O–H groups in total. The fraction of sp³-hybridized carbons (Fsp3) is 0.500. The Balaban J connectivity index is 1.99. The molecule has 0 unspecified atom stereocenters. The van der Waals surface area contributed by atoms with E-state index in [-0.39, 0.29) is 24.5 Å². The molecule has 0 radical (unpaired) electrons. The lowest BCUT2D eigenvalue weighted by atomic mass is 9.99. The van der Waals surface area contributed by atoms with Gasteiger partial charge in [0, 0.05) is 17.8 Å². The summed E-state index contributed by atoms with van der Waals surface area (Å²) in [6.45, 7) is 4.74. The van der Waals surface area contributed by atoms with Crippen LogP contribution in [0.15, 0.2) is 18.3 Å². The molecule has 1 saturated heterocycles. The first-order chi connectivity index (χ1) is 10.0. The molecular formula is C14H19ClN4O2. The van der Waals surface area contributed by atoms with Crippen LogP contribution in [-0.2, 0) is 4.79 Å². The van der Waals surface area contributed by atoms with Crippen LogP contribution in [0.2, 0.25) is 5.02 Å². The highest BCUT2D eigenvalue weighted by Crippen LogP contribution is 2.19. The van der Waals surface area contributed by atoms with E-state index in [1.165, 1.54) is 6.20 Å². The number of hydrogen-bond acceptors (Lipinski definition) is 3. The third-order valence-corrected chi connectivity index (χ3v) is 3.96. The molecule has 1 aromatic rings. The first-order valence-corrected chi connectivity index (χ1v) is 7.35. The van der Waals surface area contributed by atoms with Crippen LogP contribution in [0.3, 0.4) is 0 Å². The first kappa shape index (κ1) is 15.6. The number of anilines is 1. The molecule has 0 aromatic carbocycles. The summed E-state index contributed by atoms with van der Waals surface area (Å²) in [7, 11) is 0. The Hall–Kier alpha value is -1.82. The maximum atomic E-state index is 12.1. The second kappa shape index (κ2) is 6.76. The van der Waals surface area contributed by atoms with E-state index in [9.17, 15) is 9.59 Å². The van der Waals surface area contributed by atoms with Crippen molar-refractivity contribution in [1.82, 2.24) is 15.2 Å². The molecule has 0 aliphatic carbocycles. The number of pyridine rings is 1. The van der Waals surface area contributed by atoms with Crippen molar-refractivity contribution < 1.29 is 9.59 Å². The smallest absolute Gasteiger partial charge is 0.318 e. The predicted molar refractivity (Wildman–Crippen MR) is 81.2 cm³/mol. The van der Waals surface area contributed by atoms with Gasteiger partial charge in [0.05, 0.1) is 6.04 Å². The number of carbonyl (C=O) groups is 2. The number of aromatic nitrogens is 1. The monoisotopic (exact) mass is 310 g/mol. The molecule has 3 amide bonds. The molecule has 21 heavy (non-hydrogen) atoms. The molecule has 2 atom stereocenters. The molecule has 2 heterocycles. The van der Waals surface area contributed by atoms with Crippen molar-refractivity contribution in [2.24, 2.45) is 5.92 Å². The molecular weight excluding hydrogens is 292 g/mol. The first-order valence-electron chi connectivity index (χ1n) is 6.97. The fourth-order valence-corrected chi connectivity index (χ4v) is 2.49. The van der Waals surface area contributed by atoms with Gasteiger partial charge in [-0.2, -0.15) is 0 Å². The van der Waals surface area contributed by atoms with Gasteiger partial charge in [-0.1, -0.05) is 31.9 Å². The summed E-state index contributed by atoms with van der Waals surface area (Å²) in [5.41, 5.74) is 0. The van der Waals surface area contributed by atoms with E-state index >= 15 is 0 Å². The van der Waals surface area contributed by atoms with Crippen LogP contribution in [0, 0.1) is 5.92 Å². The van der Waals surface area contributed by atoms with Gasteiger partial charge in [-0.25, -0.2) is 9.78 Å². The van der Waals surface area contributed by atoms with Crippen molar-refractivity contribution in [1.29, 1.82) is 0 Å². The van der Waals surface area contributed by atoms with Crippen LogP contribution < -0.4 is 10.6 Å². The lowest BCUT2D eigenvalue weighted by molar-refractivity contribution is -0.117. The number of rotatable bonds is 5. The van der Waals surface area contributed by atoms with Gasteiger partial charge < -0.3 is 15.5 Å². The number of halogens is 1. The maximum Gasteiger partial charge on any atom is 0.318 e. The second-order valence-corrected chi connectivity index (χ2v) is 5.61. The summed E-state index contributed by atoms with van der Waals surface area (Å²) >= 11 is 5.84. The molecule has 1 aliphatic rings. The van der Waals surface area contributed by atoms with Gasteiger partial charge in [-0.15, -0.1) is 0 Å². The summed E-state index contributed by atoms with van der Waals surface area (Å²) in [5.74, 6) is 0.434. The average Bonchev–Trinajstić information content (AvgIpc) is 2.79. The van der Waals surface area contributed by atoms with Crippen molar-refractivity contribution in [3.63, 3.8) is 0 Å². The summed E-state index contributed by atoms with van der Waals surface area (Å²) in [6.07, 6.45) is 2.47. The van der Waals surface area contributed by atoms with Gasteiger partial charge in [-0.05, 0) is 18.1 Å². The van der Waals surface area contributed by atoms with Crippen LogP contribution in [-0.4, -0.2) is 41.0 Å². The third-order valence-electron chi connectivity index (χ3n) is 3.73. The van der Waals surface area contributed by atoms with E-state index in [2.05, 4.69) is 29.5 Å². The maximum absolute atomic E-state index is 12.1. The zero-order valence-electron chi connectivity index (χ0n) is 12.1. The van der Waals surface area contributed by atoms with Crippen molar-refractivity contribution in [2.75, 3.05) is 18.4 Å². The van der Waals surface area contributed by atoms with Crippen LogP contribution in [0.5, 0.6) is 0 Å². The highest BCUT2D eigenvalue weighted by Gasteiger charge is 2.34. The van der Waals surface area contributed by atoms with Gasteiger partial charge in [0.1, 0.15) is 12.4 Å². The number of carbonyl (C=O) groups excluding carboxylic acids is 2. The molecule has 1 aromatic heterocycles.